The Kier molecular flexibility index (Phi) is 3.14. The van der Waals surface area contributed by atoms with E-state index in [-0.39, 0.29) is 0 Å². The highest BCUT2D eigenvalue weighted by atomic mass is 35.5. The Morgan fingerprint density at radius 2 is 1.85 bits per heavy atom. The third kappa shape index (κ3) is 2.25. The molecule has 3 nitrogen and oxygen atoms in total. The minimum Gasteiger partial charge on any atom is -0.383 e. The smallest absolute Gasteiger partial charge is 0.133 e. The fraction of sp³-hybridized carbons (Fsp3) is 0.188. The zero-order valence-corrected chi connectivity index (χ0v) is 12.2. The summed E-state index contributed by atoms with van der Waals surface area (Å²) in [6.45, 7) is 4.32. The number of nitrogens with zero attached hydrogens (tertiary/aromatic N) is 1. The third-order valence-corrected chi connectivity index (χ3v) is 3.69. The predicted molar refractivity (Wildman–Crippen MR) is 85.7 cm³/mol. The van der Waals surface area contributed by atoms with Crippen molar-refractivity contribution in [3.63, 3.8) is 0 Å². The van der Waals surface area contributed by atoms with E-state index in [0.717, 1.165) is 22.6 Å². The number of rotatable bonds is 1. The number of nitrogens with one attached hydrogen (secondary N) is 1. The lowest BCUT2D eigenvalue weighted by Crippen LogP contribution is -2.14. The van der Waals surface area contributed by atoms with Gasteiger partial charge in [-0.15, -0.1) is 0 Å². The van der Waals surface area contributed by atoms with E-state index in [2.05, 4.69) is 42.4 Å². The SMILES string of the molecule is CC(C)c1ccc2c(c1)C(N)=Nc1cc(Cl)ccc1N2. The second kappa shape index (κ2) is 4.84. The van der Waals surface area contributed by atoms with Gasteiger partial charge in [0.1, 0.15) is 5.84 Å². The first-order valence-corrected chi connectivity index (χ1v) is 6.97. The van der Waals surface area contributed by atoms with Gasteiger partial charge in [-0.05, 0) is 41.8 Å². The Hall–Kier alpha value is -2.00. The molecule has 0 fully saturated rings. The molecule has 2 aromatic rings. The minimum atomic E-state index is 0.452. The quantitative estimate of drug-likeness (QED) is 0.807. The number of aliphatic imine (C=N–C) groups is 1. The molecular formula is C16H16ClN3. The van der Waals surface area contributed by atoms with E-state index in [1.165, 1.54) is 5.56 Å². The highest BCUT2D eigenvalue weighted by molar-refractivity contribution is 6.31. The lowest BCUT2D eigenvalue weighted by Gasteiger charge is -2.12. The van der Waals surface area contributed by atoms with Crippen molar-refractivity contribution in [1.82, 2.24) is 0 Å². The van der Waals surface area contributed by atoms with Crippen molar-refractivity contribution in [2.45, 2.75) is 19.8 Å². The van der Waals surface area contributed by atoms with Crippen molar-refractivity contribution in [3.05, 3.63) is 52.5 Å². The standard InChI is InChI=1S/C16H16ClN3/c1-9(2)10-3-5-13-12(7-10)16(18)20-15-8-11(17)4-6-14(15)19-13/h3-9,19H,1-2H3,(H2,18,20). The van der Waals surface area contributed by atoms with E-state index in [1.54, 1.807) is 0 Å². The van der Waals surface area contributed by atoms with Crippen LogP contribution in [-0.2, 0) is 0 Å². The number of halogens is 1. The van der Waals surface area contributed by atoms with Crippen molar-refractivity contribution in [2.75, 3.05) is 5.32 Å². The Bertz CT molecular complexity index is 705. The van der Waals surface area contributed by atoms with Crippen LogP contribution in [0.15, 0.2) is 41.4 Å². The van der Waals surface area contributed by atoms with E-state index in [9.17, 15) is 0 Å². The van der Waals surface area contributed by atoms with Gasteiger partial charge in [0.15, 0.2) is 0 Å². The van der Waals surface area contributed by atoms with Gasteiger partial charge in [0.2, 0.25) is 0 Å². The van der Waals surface area contributed by atoms with Crippen LogP contribution in [0.5, 0.6) is 0 Å². The Labute approximate surface area is 123 Å². The molecule has 0 atom stereocenters. The summed E-state index contributed by atoms with van der Waals surface area (Å²) in [6.07, 6.45) is 0. The topological polar surface area (TPSA) is 50.4 Å². The molecule has 3 rings (SSSR count). The lowest BCUT2D eigenvalue weighted by molar-refractivity contribution is 0.866. The van der Waals surface area contributed by atoms with Gasteiger partial charge >= 0.3 is 0 Å². The van der Waals surface area contributed by atoms with Crippen molar-refractivity contribution in [2.24, 2.45) is 10.7 Å². The molecule has 2 aromatic carbocycles. The van der Waals surface area contributed by atoms with Gasteiger partial charge in [0.05, 0.1) is 11.4 Å². The fourth-order valence-corrected chi connectivity index (χ4v) is 2.45. The average Bonchev–Trinajstić information content (AvgIpc) is 2.54. The third-order valence-electron chi connectivity index (χ3n) is 3.46. The molecule has 1 aliphatic rings. The maximum absolute atomic E-state index is 6.15. The van der Waals surface area contributed by atoms with Crippen molar-refractivity contribution in [3.8, 4) is 0 Å². The van der Waals surface area contributed by atoms with Gasteiger partial charge in [0.25, 0.3) is 0 Å². The van der Waals surface area contributed by atoms with Crippen molar-refractivity contribution >= 4 is 34.5 Å². The molecule has 20 heavy (non-hydrogen) atoms. The molecule has 1 heterocycles. The molecule has 0 saturated heterocycles. The Morgan fingerprint density at radius 3 is 2.60 bits per heavy atom. The normalized spacial score (nSPS) is 13.1. The molecule has 0 radical (unpaired) electrons. The lowest BCUT2D eigenvalue weighted by atomic mass is 9.99. The van der Waals surface area contributed by atoms with Gasteiger partial charge in [-0.1, -0.05) is 31.5 Å². The summed E-state index contributed by atoms with van der Waals surface area (Å²) in [6, 6.07) is 11.8. The molecular weight excluding hydrogens is 270 g/mol. The number of amidine groups is 1. The van der Waals surface area contributed by atoms with Crippen LogP contribution in [0.1, 0.15) is 30.9 Å². The summed E-state index contributed by atoms with van der Waals surface area (Å²) in [5.74, 6) is 0.962. The van der Waals surface area contributed by atoms with Gasteiger partial charge in [-0.25, -0.2) is 4.99 Å². The van der Waals surface area contributed by atoms with Gasteiger partial charge in [-0.3, -0.25) is 0 Å². The number of nitrogens with two attached hydrogens (primary N) is 1. The monoisotopic (exact) mass is 285 g/mol. The molecule has 0 aromatic heterocycles. The molecule has 0 saturated carbocycles. The molecule has 0 amide bonds. The van der Waals surface area contributed by atoms with E-state index >= 15 is 0 Å². The van der Waals surface area contributed by atoms with Gasteiger partial charge < -0.3 is 11.1 Å². The Morgan fingerprint density at radius 1 is 1.10 bits per heavy atom. The van der Waals surface area contributed by atoms with Crippen LogP contribution in [0.25, 0.3) is 0 Å². The predicted octanol–water partition coefficient (Wildman–Crippen LogP) is 4.56. The van der Waals surface area contributed by atoms with Crippen LogP contribution in [0.4, 0.5) is 17.1 Å². The molecule has 0 spiro atoms. The minimum absolute atomic E-state index is 0.452. The van der Waals surface area contributed by atoms with E-state index in [0.29, 0.717) is 16.8 Å². The summed E-state index contributed by atoms with van der Waals surface area (Å²) in [5.41, 5.74) is 11.0. The van der Waals surface area contributed by atoms with E-state index < -0.39 is 0 Å². The number of fused-ring (bicyclic) bond motifs is 2. The Balaban J connectivity index is 2.16. The number of hydrogen-bond acceptors (Lipinski definition) is 3. The van der Waals surface area contributed by atoms with Crippen LogP contribution in [0.3, 0.4) is 0 Å². The second-order valence-electron chi connectivity index (χ2n) is 5.24. The first kappa shape index (κ1) is 13.0. The van der Waals surface area contributed by atoms with Crippen LogP contribution in [0, 0.1) is 0 Å². The second-order valence-corrected chi connectivity index (χ2v) is 5.68. The fourth-order valence-electron chi connectivity index (χ4n) is 2.28. The molecule has 0 aliphatic carbocycles. The number of hydrogen-bond donors (Lipinski definition) is 2. The summed E-state index contributed by atoms with van der Waals surface area (Å²) < 4.78 is 0. The van der Waals surface area contributed by atoms with Crippen LogP contribution >= 0.6 is 11.6 Å². The number of anilines is 2. The first-order chi connectivity index (χ1) is 9.54. The largest absolute Gasteiger partial charge is 0.383 e. The summed E-state index contributed by atoms with van der Waals surface area (Å²) in [7, 11) is 0. The molecule has 0 bridgehead atoms. The van der Waals surface area contributed by atoms with E-state index in [1.807, 2.05) is 18.2 Å². The summed E-state index contributed by atoms with van der Waals surface area (Å²) in [5, 5.41) is 4.02. The van der Waals surface area contributed by atoms with Gasteiger partial charge in [0, 0.05) is 16.3 Å². The molecule has 1 aliphatic heterocycles. The highest BCUT2D eigenvalue weighted by Gasteiger charge is 2.15. The molecule has 3 N–H and O–H groups in total. The van der Waals surface area contributed by atoms with Crippen molar-refractivity contribution < 1.29 is 0 Å². The number of benzene rings is 2. The van der Waals surface area contributed by atoms with Crippen LogP contribution < -0.4 is 11.1 Å². The molecule has 102 valence electrons. The first-order valence-electron chi connectivity index (χ1n) is 6.59. The summed E-state index contributed by atoms with van der Waals surface area (Å²) in [4.78, 5) is 4.49. The molecule has 4 heteroatoms. The zero-order chi connectivity index (χ0) is 14.3. The molecule has 0 unspecified atom stereocenters. The van der Waals surface area contributed by atoms with Crippen LogP contribution in [-0.4, -0.2) is 5.84 Å². The summed E-state index contributed by atoms with van der Waals surface area (Å²) >= 11 is 6.02. The maximum atomic E-state index is 6.15. The maximum Gasteiger partial charge on any atom is 0.133 e. The van der Waals surface area contributed by atoms with Crippen LogP contribution in [0.2, 0.25) is 5.02 Å². The highest BCUT2D eigenvalue weighted by Crippen LogP contribution is 2.36. The zero-order valence-electron chi connectivity index (χ0n) is 11.4. The van der Waals surface area contributed by atoms with E-state index in [4.69, 9.17) is 17.3 Å². The van der Waals surface area contributed by atoms with Crippen molar-refractivity contribution in [1.29, 1.82) is 0 Å². The van der Waals surface area contributed by atoms with Gasteiger partial charge in [-0.2, -0.15) is 0 Å². The average molecular weight is 286 g/mol.